The lowest BCUT2D eigenvalue weighted by Crippen LogP contribution is -2.43. The molecule has 8 heteroatoms. The molecule has 1 amide bonds. The van der Waals surface area contributed by atoms with Crippen molar-refractivity contribution in [2.24, 2.45) is 0 Å². The third-order valence-corrected chi connectivity index (χ3v) is 4.31. The fraction of sp³-hybridized carbons (Fsp3) is 0.667. The number of hydrogen-bond donors (Lipinski definition) is 4. The van der Waals surface area contributed by atoms with Gasteiger partial charge in [-0.25, -0.2) is 4.98 Å². The van der Waals surface area contributed by atoms with Crippen LogP contribution in [0.25, 0.3) is 0 Å². The Morgan fingerprint density at radius 2 is 2.30 bits per heavy atom. The maximum atomic E-state index is 12.1. The van der Waals surface area contributed by atoms with Crippen LogP contribution in [-0.2, 0) is 0 Å². The molecule has 0 bridgehead atoms. The molecule has 7 nitrogen and oxygen atoms in total. The highest BCUT2D eigenvalue weighted by molar-refractivity contribution is 7.18. The first kappa shape index (κ1) is 15.0. The van der Waals surface area contributed by atoms with Gasteiger partial charge in [0.1, 0.15) is 10.7 Å². The molecule has 1 aromatic heterocycles. The maximum Gasteiger partial charge on any atom is 0.265 e. The minimum atomic E-state index is -0.220. The Bertz CT molecular complexity index is 459. The zero-order chi connectivity index (χ0) is 14.5. The molecule has 0 radical (unpaired) electrons. The first-order chi connectivity index (χ1) is 9.61. The molecule has 1 saturated heterocycles. The van der Waals surface area contributed by atoms with E-state index in [1.54, 1.807) is 0 Å². The van der Waals surface area contributed by atoms with Gasteiger partial charge in [0.25, 0.3) is 5.91 Å². The van der Waals surface area contributed by atoms with Crippen molar-refractivity contribution in [3.05, 3.63) is 4.88 Å². The summed E-state index contributed by atoms with van der Waals surface area (Å²) in [5.74, 6) is 0.0552. The SMILES string of the molecule is CC(CCO)NC(=O)c1sc(N2CCNCC2)nc1N. The average molecular weight is 299 g/mol. The number of carbonyl (C=O) groups is 1. The summed E-state index contributed by atoms with van der Waals surface area (Å²) >= 11 is 1.32. The molecule has 1 fully saturated rings. The average Bonchev–Trinajstić information content (AvgIpc) is 2.82. The summed E-state index contributed by atoms with van der Waals surface area (Å²) in [5.41, 5.74) is 5.85. The van der Waals surface area contributed by atoms with Gasteiger partial charge >= 0.3 is 0 Å². The molecule has 1 atom stereocenters. The highest BCUT2D eigenvalue weighted by atomic mass is 32.1. The second kappa shape index (κ2) is 6.87. The van der Waals surface area contributed by atoms with E-state index in [0.29, 0.717) is 11.3 Å². The van der Waals surface area contributed by atoms with E-state index >= 15 is 0 Å². The van der Waals surface area contributed by atoms with Gasteiger partial charge in [-0.2, -0.15) is 0 Å². The Kier molecular flexibility index (Phi) is 5.16. The first-order valence-corrected chi connectivity index (χ1v) is 7.57. The Morgan fingerprint density at radius 1 is 1.60 bits per heavy atom. The van der Waals surface area contributed by atoms with Gasteiger partial charge in [0, 0.05) is 38.8 Å². The summed E-state index contributed by atoms with van der Waals surface area (Å²) in [5, 5.41) is 15.7. The lowest BCUT2D eigenvalue weighted by Gasteiger charge is -2.26. The fourth-order valence-corrected chi connectivity index (χ4v) is 2.97. The van der Waals surface area contributed by atoms with E-state index in [2.05, 4.69) is 20.5 Å². The summed E-state index contributed by atoms with van der Waals surface area (Å²) in [6.07, 6.45) is 0.523. The van der Waals surface area contributed by atoms with Crippen LogP contribution >= 0.6 is 11.3 Å². The molecule has 1 aliphatic heterocycles. The summed E-state index contributed by atoms with van der Waals surface area (Å²) in [4.78, 5) is 19.0. The molecule has 0 saturated carbocycles. The number of nitrogens with two attached hydrogens (primary N) is 1. The van der Waals surface area contributed by atoms with Gasteiger partial charge in [-0.3, -0.25) is 4.79 Å². The lowest BCUT2D eigenvalue weighted by atomic mass is 10.2. The molecular formula is C12H21N5O2S. The van der Waals surface area contributed by atoms with Crippen LogP contribution in [0.5, 0.6) is 0 Å². The van der Waals surface area contributed by atoms with Crippen LogP contribution in [-0.4, -0.2) is 54.8 Å². The van der Waals surface area contributed by atoms with Crippen molar-refractivity contribution in [1.82, 2.24) is 15.6 Å². The van der Waals surface area contributed by atoms with Crippen molar-refractivity contribution in [1.29, 1.82) is 0 Å². The lowest BCUT2D eigenvalue weighted by molar-refractivity contribution is 0.0939. The van der Waals surface area contributed by atoms with Gasteiger partial charge in [-0.05, 0) is 13.3 Å². The number of nitrogens with one attached hydrogen (secondary N) is 2. The van der Waals surface area contributed by atoms with E-state index in [9.17, 15) is 4.79 Å². The molecular weight excluding hydrogens is 278 g/mol. The third-order valence-electron chi connectivity index (χ3n) is 3.18. The number of thiazole rings is 1. The second-order valence-corrected chi connectivity index (χ2v) is 5.81. The number of amides is 1. The molecule has 112 valence electrons. The Balaban J connectivity index is 2.04. The monoisotopic (exact) mass is 299 g/mol. The van der Waals surface area contributed by atoms with Gasteiger partial charge in [0.05, 0.1) is 0 Å². The van der Waals surface area contributed by atoms with Crippen LogP contribution in [0.2, 0.25) is 0 Å². The number of anilines is 2. The fourth-order valence-electron chi connectivity index (χ4n) is 2.03. The largest absolute Gasteiger partial charge is 0.396 e. The van der Waals surface area contributed by atoms with Gasteiger partial charge in [-0.15, -0.1) is 0 Å². The predicted octanol–water partition coefficient (Wildman–Crippen LogP) is -0.364. The summed E-state index contributed by atoms with van der Waals surface area (Å²) in [6, 6.07) is -0.0864. The van der Waals surface area contributed by atoms with Crippen molar-refractivity contribution in [2.75, 3.05) is 43.4 Å². The maximum absolute atomic E-state index is 12.1. The molecule has 2 heterocycles. The van der Waals surface area contributed by atoms with Crippen molar-refractivity contribution >= 4 is 28.2 Å². The zero-order valence-corrected chi connectivity index (χ0v) is 12.4. The summed E-state index contributed by atoms with van der Waals surface area (Å²) in [6.45, 7) is 5.46. The van der Waals surface area contributed by atoms with Crippen LogP contribution in [0.15, 0.2) is 0 Å². The molecule has 1 aliphatic rings. The zero-order valence-electron chi connectivity index (χ0n) is 11.6. The smallest absolute Gasteiger partial charge is 0.265 e. The topological polar surface area (TPSA) is 104 Å². The second-order valence-electron chi connectivity index (χ2n) is 4.83. The van der Waals surface area contributed by atoms with E-state index in [1.165, 1.54) is 11.3 Å². The van der Waals surface area contributed by atoms with Crippen LogP contribution in [0.4, 0.5) is 10.9 Å². The normalized spacial score (nSPS) is 17.0. The van der Waals surface area contributed by atoms with E-state index in [-0.39, 0.29) is 24.4 Å². The summed E-state index contributed by atoms with van der Waals surface area (Å²) in [7, 11) is 0. The van der Waals surface area contributed by atoms with Gasteiger partial charge in [-0.1, -0.05) is 11.3 Å². The Labute approximate surface area is 122 Å². The molecule has 5 N–H and O–H groups in total. The standard InChI is InChI=1S/C12H21N5O2S/c1-8(2-7-18)15-11(19)9-10(13)16-12(20-9)17-5-3-14-4-6-17/h8,14,18H,2-7,13H2,1H3,(H,15,19). The summed E-state index contributed by atoms with van der Waals surface area (Å²) < 4.78 is 0. The Morgan fingerprint density at radius 3 is 2.95 bits per heavy atom. The molecule has 20 heavy (non-hydrogen) atoms. The Hall–Kier alpha value is -1.38. The molecule has 0 aromatic carbocycles. The molecule has 2 rings (SSSR count). The molecule has 1 unspecified atom stereocenters. The van der Waals surface area contributed by atoms with E-state index in [4.69, 9.17) is 10.8 Å². The van der Waals surface area contributed by atoms with Crippen LogP contribution in [0.1, 0.15) is 23.0 Å². The van der Waals surface area contributed by atoms with Gasteiger partial charge in [0.2, 0.25) is 0 Å². The van der Waals surface area contributed by atoms with Crippen LogP contribution in [0, 0.1) is 0 Å². The van der Waals surface area contributed by atoms with Gasteiger partial charge in [0.15, 0.2) is 5.13 Å². The third kappa shape index (κ3) is 3.59. The minimum Gasteiger partial charge on any atom is -0.396 e. The first-order valence-electron chi connectivity index (χ1n) is 6.75. The van der Waals surface area contributed by atoms with Gasteiger partial charge < -0.3 is 26.4 Å². The van der Waals surface area contributed by atoms with E-state index in [0.717, 1.165) is 31.3 Å². The van der Waals surface area contributed by atoms with Crippen molar-refractivity contribution in [3.63, 3.8) is 0 Å². The molecule has 1 aromatic rings. The number of nitrogens with zero attached hydrogens (tertiary/aromatic N) is 2. The number of hydrogen-bond acceptors (Lipinski definition) is 7. The number of piperazine rings is 1. The number of carbonyl (C=O) groups excluding carboxylic acids is 1. The number of rotatable bonds is 5. The van der Waals surface area contributed by atoms with Crippen molar-refractivity contribution in [2.45, 2.75) is 19.4 Å². The number of aliphatic hydroxyl groups is 1. The highest BCUT2D eigenvalue weighted by Gasteiger charge is 2.21. The molecule has 0 spiro atoms. The predicted molar refractivity (Wildman–Crippen MR) is 80.2 cm³/mol. The van der Waals surface area contributed by atoms with Crippen molar-refractivity contribution in [3.8, 4) is 0 Å². The number of nitrogen functional groups attached to an aromatic ring is 1. The highest BCUT2D eigenvalue weighted by Crippen LogP contribution is 2.28. The quantitative estimate of drug-likeness (QED) is 0.592. The number of aliphatic hydroxyl groups excluding tert-OH is 1. The minimum absolute atomic E-state index is 0.0473. The number of aromatic nitrogens is 1. The van der Waals surface area contributed by atoms with E-state index in [1.807, 2.05) is 6.92 Å². The van der Waals surface area contributed by atoms with Crippen LogP contribution < -0.4 is 21.3 Å². The van der Waals surface area contributed by atoms with E-state index < -0.39 is 0 Å². The van der Waals surface area contributed by atoms with Crippen molar-refractivity contribution < 1.29 is 9.90 Å². The van der Waals surface area contributed by atoms with Crippen LogP contribution in [0.3, 0.4) is 0 Å². The molecule has 0 aliphatic carbocycles.